The molecule has 2 aliphatic carbocycles. The largest absolute Gasteiger partial charge is 0.388 e. The van der Waals surface area contributed by atoms with Gasteiger partial charge in [-0.05, 0) is 61.5 Å². The van der Waals surface area contributed by atoms with Crippen LogP contribution in [0.2, 0.25) is 0 Å². The molecule has 0 radical (unpaired) electrons. The van der Waals surface area contributed by atoms with E-state index < -0.39 is 0 Å². The lowest BCUT2D eigenvalue weighted by atomic mass is 9.68. The Morgan fingerprint density at radius 2 is 2.05 bits per heavy atom. The predicted octanol–water partition coefficient (Wildman–Crippen LogP) is 3.24. The summed E-state index contributed by atoms with van der Waals surface area (Å²) >= 11 is 0. The van der Waals surface area contributed by atoms with Gasteiger partial charge in [-0.2, -0.15) is 0 Å². The summed E-state index contributed by atoms with van der Waals surface area (Å²) in [7, 11) is 0. The number of benzene rings is 1. The molecule has 1 heterocycles. The molecule has 1 N–H and O–H groups in total. The smallest absolute Gasteiger partial charge is 0.0826 e. The highest BCUT2D eigenvalue weighted by molar-refractivity contribution is 5.34. The molecule has 102 valence electrons. The van der Waals surface area contributed by atoms with Crippen molar-refractivity contribution in [3.05, 3.63) is 35.4 Å². The van der Waals surface area contributed by atoms with E-state index >= 15 is 0 Å². The molecule has 0 amide bonds. The van der Waals surface area contributed by atoms with E-state index in [0.717, 1.165) is 19.4 Å². The zero-order valence-corrected chi connectivity index (χ0v) is 11.3. The van der Waals surface area contributed by atoms with E-state index in [4.69, 9.17) is 4.74 Å². The molecule has 1 aromatic rings. The monoisotopic (exact) mass is 258 g/mol. The SMILES string of the molecule is OC1c2ccccc2CC1C1CCOC2(CCC2)C1. The van der Waals surface area contributed by atoms with Crippen molar-refractivity contribution in [3.63, 3.8) is 0 Å². The Balaban J connectivity index is 1.54. The van der Waals surface area contributed by atoms with Crippen LogP contribution < -0.4 is 0 Å². The van der Waals surface area contributed by atoms with Crippen LogP contribution in [-0.2, 0) is 11.2 Å². The van der Waals surface area contributed by atoms with Crippen LogP contribution in [0.3, 0.4) is 0 Å². The first kappa shape index (κ1) is 11.9. The van der Waals surface area contributed by atoms with E-state index in [9.17, 15) is 5.11 Å². The third-order valence-corrected chi connectivity index (χ3v) is 5.64. The Hall–Kier alpha value is -0.860. The Labute approximate surface area is 114 Å². The average molecular weight is 258 g/mol. The quantitative estimate of drug-likeness (QED) is 0.838. The highest BCUT2D eigenvalue weighted by Gasteiger charge is 2.46. The first-order valence-electron chi connectivity index (χ1n) is 7.67. The fourth-order valence-electron chi connectivity index (χ4n) is 4.38. The summed E-state index contributed by atoms with van der Waals surface area (Å²) in [4.78, 5) is 0. The van der Waals surface area contributed by atoms with Gasteiger partial charge in [-0.25, -0.2) is 0 Å². The molecule has 3 atom stereocenters. The lowest BCUT2D eigenvalue weighted by Gasteiger charge is -2.48. The van der Waals surface area contributed by atoms with E-state index in [0.29, 0.717) is 11.8 Å². The molecule has 1 aliphatic heterocycles. The zero-order valence-electron chi connectivity index (χ0n) is 11.3. The molecule has 1 aromatic carbocycles. The molecule has 19 heavy (non-hydrogen) atoms. The summed E-state index contributed by atoms with van der Waals surface area (Å²) in [5, 5.41) is 10.6. The average Bonchev–Trinajstić information content (AvgIpc) is 2.75. The Bertz CT molecular complexity index is 478. The van der Waals surface area contributed by atoms with Crippen molar-refractivity contribution >= 4 is 0 Å². The summed E-state index contributed by atoms with van der Waals surface area (Å²) in [5.74, 6) is 1.05. The van der Waals surface area contributed by atoms with Gasteiger partial charge in [-0.15, -0.1) is 0 Å². The molecule has 3 aliphatic rings. The van der Waals surface area contributed by atoms with Crippen LogP contribution in [0.1, 0.15) is 49.3 Å². The Kier molecular flexibility index (Phi) is 2.71. The van der Waals surface area contributed by atoms with E-state index in [1.165, 1.54) is 36.8 Å². The minimum Gasteiger partial charge on any atom is -0.388 e. The van der Waals surface area contributed by atoms with Crippen molar-refractivity contribution in [2.24, 2.45) is 11.8 Å². The van der Waals surface area contributed by atoms with Gasteiger partial charge in [0.1, 0.15) is 0 Å². The van der Waals surface area contributed by atoms with Crippen molar-refractivity contribution in [2.75, 3.05) is 6.61 Å². The van der Waals surface area contributed by atoms with Gasteiger partial charge in [0.2, 0.25) is 0 Å². The van der Waals surface area contributed by atoms with Gasteiger partial charge in [0.15, 0.2) is 0 Å². The molecule has 2 nitrogen and oxygen atoms in total. The van der Waals surface area contributed by atoms with Gasteiger partial charge in [0.05, 0.1) is 11.7 Å². The maximum absolute atomic E-state index is 10.6. The van der Waals surface area contributed by atoms with E-state index in [2.05, 4.69) is 18.2 Å². The zero-order chi connectivity index (χ0) is 12.9. The molecule has 4 rings (SSSR count). The van der Waals surface area contributed by atoms with Gasteiger partial charge in [-0.3, -0.25) is 0 Å². The summed E-state index contributed by atoms with van der Waals surface area (Å²) < 4.78 is 6.02. The van der Waals surface area contributed by atoms with Crippen molar-refractivity contribution in [1.29, 1.82) is 0 Å². The molecule has 1 saturated carbocycles. The van der Waals surface area contributed by atoms with Crippen LogP contribution in [0.4, 0.5) is 0 Å². The lowest BCUT2D eigenvalue weighted by molar-refractivity contribution is -0.154. The second kappa shape index (κ2) is 4.32. The Morgan fingerprint density at radius 1 is 1.21 bits per heavy atom. The summed E-state index contributed by atoms with van der Waals surface area (Å²) in [6, 6.07) is 8.41. The topological polar surface area (TPSA) is 29.5 Å². The highest BCUT2D eigenvalue weighted by atomic mass is 16.5. The number of aliphatic hydroxyl groups excluding tert-OH is 1. The van der Waals surface area contributed by atoms with Gasteiger partial charge in [0, 0.05) is 6.61 Å². The number of fused-ring (bicyclic) bond motifs is 1. The molecular weight excluding hydrogens is 236 g/mol. The summed E-state index contributed by atoms with van der Waals surface area (Å²) in [5.41, 5.74) is 2.72. The molecule has 3 unspecified atom stereocenters. The second-order valence-electron chi connectivity index (χ2n) is 6.65. The first-order valence-corrected chi connectivity index (χ1v) is 7.67. The van der Waals surface area contributed by atoms with Crippen molar-refractivity contribution in [1.82, 2.24) is 0 Å². The first-order chi connectivity index (χ1) is 9.27. The second-order valence-corrected chi connectivity index (χ2v) is 6.65. The maximum atomic E-state index is 10.6. The van der Waals surface area contributed by atoms with Crippen LogP contribution in [0.15, 0.2) is 24.3 Å². The van der Waals surface area contributed by atoms with E-state index in [-0.39, 0.29) is 11.7 Å². The van der Waals surface area contributed by atoms with Gasteiger partial charge in [-0.1, -0.05) is 24.3 Å². The van der Waals surface area contributed by atoms with Gasteiger partial charge < -0.3 is 9.84 Å². The van der Waals surface area contributed by atoms with Crippen LogP contribution in [0, 0.1) is 11.8 Å². The number of hydrogen-bond acceptors (Lipinski definition) is 2. The van der Waals surface area contributed by atoms with Gasteiger partial charge in [0.25, 0.3) is 0 Å². The predicted molar refractivity (Wildman–Crippen MR) is 73.9 cm³/mol. The fourth-order valence-corrected chi connectivity index (χ4v) is 4.38. The molecule has 2 fully saturated rings. The van der Waals surface area contributed by atoms with E-state index in [1.54, 1.807) is 0 Å². The Morgan fingerprint density at radius 3 is 2.79 bits per heavy atom. The van der Waals surface area contributed by atoms with Crippen LogP contribution in [0.5, 0.6) is 0 Å². The number of aliphatic hydroxyl groups is 1. The minimum atomic E-state index is -0.253. The van der Waals surface area contributed by atoms with E-state index in [1.807, 2.05) is 6.07 Å². The number of hydrogen-bond donors (Lipinski definition) is 1. The normalized spacial score (nSPS) is 35.9. The molecule has 0 aromatic heterocycles. The summed E-state index contributed by atoms with van der Waals surface area (Å²) in [6.45, 7) is 0.893. The third-order valence-electron chi connectivity index (χ3n) is 5.64. The number of rotatable bonds is 1. The highest BCUT2D eigenvalue weighted by Crippen LogP contribution is 2.50. The summed E-state index contributed by atoms with van der Waals surface area (Å²) in [6.07, 6.45) is 6.88. The van der Waals surface area contributed by atoms with Crippen molar-refractivity contribution < 1.29 is 9.84 Å². The third kappa shape index (κ3) is 1.85. The minimum absolute atomic E-state index is 0.192. The van der Waals surface area contributed by atoms with Crippen molar-refractivity contribution in [3.8, 4) is 0 Å². The molecular formula is C17H22O2. The number of ether oxygens (including phenoxy) is 1. The molecule has 1 spiro atoms. The standard InChI is InChI=1S/C17H22O2/c18-16-14-5-2-1-4-12(14)10-15(16)13-6-9-19-17(11-13)7-3-8-17/h1-2,4-5,13,15-16,18H,3,6-11H2. The molecule has 1 saturated heterocycles. The van der Waals surface area contributed by atoms with Gasteiger partial charge >= 0.3 is 0 Å². The molecule has 0 bridgehead atoms. The fraction of sp³-hybridized carbons (Fsp3) is 0.647. The maximum Gasteiger partial charge on any atom is 0.0826 e. The lowest BCUT2D eigenvalue weighted by Crippen LogP contribution is -2.47. The van der Waals surface area contributed by atoms with Crippen LogP contribution in [0.25, 0.3) is 0 Å². The van der Waals surface area contributed by atoms with Crippen molar-refractivity contribution in [2.45, 2.75) is 50.2 Å². The molecule has 2 heteroatoms. The van der Waals surface area contributed by atoms with Crippen LogP contribution >= 0.6 is 0 Å². The van der Waals surface area contributed by atoms with Crippen LogP contribution in [-0.4, -0.2) is 17.3 Å².